The first-order valence-electron chi connectivity index (χ1n) is 8.85. The summed E-state index contributed by atoms with van der Waals surface area (Å²) in [6.07, 6.45) is 0.640. The number of rotatable bonds is 8. The van der Waals surface area contributed by atoms with Crippen LogP contribution in [0.4, 0.5) is 5.69 Å². The molecule has 27 heavy (non-hydrogen) atoms. The van der Waals surface area contributed by atoms with Crippen molar-refractivity contribution in [1.82, 2.24) is 5.32 Å². The zero-order valence-electron chi connectivity index (χ0n) is 16.1. The highest BCUT2D eigenvalue weighted by atomic mass is 32.2. The summed E-state index contributed by atoms with van der Waals surface area (Å²) in [5.74, 6) is 0.625. The van der Waals surface area contributed by atoms with Crippen LogP contribution in [0.15, 0.2) is 47.4 Å². The number of benzene rings is 2. The minimum absolute atomic E-state index is 0.123. The van der Waals surface area contributed by atoms with E-state index >= 15 is 0 Å². The van der Waals surface area contributed by atoms with Gasteiger partial charge in [-0.1, -0.05) is 32.9 Å². The topological polar surface area (TPSA) is 84.5 Å². The smallest absolute Gasteiger partial charge is 0.261 e. The first-order chi connectivity index (χ1) is 12.8. The van der Waals surface area contributed by atoms with E-state index in [4.69, 9.17) is 4.74 Å². The number of nitrogens with one attached hydrogen (secondary N) is 2. The predicted molar refractivity (Wildman–Crippen MR) is 107 cm³/mol. The third-order valence-corrected chi connectivity index (χ3v) is 5.39. The van der Waals surface area contributed by atoms with Crippen LogP contribution in [0.1, 0.15) is 36.7 Å². The lowest BCUT2D eigenvalue weighted by molar-refractivity contribution is 0.0950. The molecule has 2 rings (SSSR count). The van der Waals surface area contributed by atoms with Crippen LogP contribution < -0.4 is 14.8 Å². The molecule has 0 saturated carbocycles. The number of sulfonamides is 1. The van der Waals surface area contributed by atoms with Gasteiger partial charge >= 0.3 is 0 Å². The largest absolute Gasteiger partial charge is 0.496 e. The molecular weight excluding hydrogens is 364 g/mol. The Labute approximate surface area is 161 Å². The lowest BCUT2D eigenvalue weighted by Gasteiger charge is -2.14. The second-order valence-electron chi connectivity index (χ2n) is 6.58. The van der Waals surface area contributed by atoms with Crippen molar-refractivity contribution in [3.8, 4) is 5.75 Å². The Morgan fingerprint density at radius 2 is 1.85 bits per heavy atom. The summed E-state index contributed by atoms with van der Waals surface area (Å²) < 4.78 is 33.4. The third kappa shape index (κ3) is 5.23. The molecular formula is C20H26N2O4S. The van der Waals surface area contributed by atoms with E-state index in [0.29, 0.717) is 24.6 Å². The Morgan fingerprint density at radius 3 is 2.48 bits per heavy atom. The number of carbonyl (C=O) groups is 1. The number of hydrogen-bond acceptors (Lipinski definition) is 4. The van der Waals surface area contributed by atoms with Crippen molar-refractivity contribution in [2.75, 3.05) is 18.4 Å². The molecule has 0 aliphatic carbocycles. The molecule has 0 spiro atoms. The molecule has 0 fully saturated rings. The minimum atomic E-state index is -3.84. The van der Waals surface area contributed by atoms with E-state index in [2.05, 4.69) is 10.0 Å². The SMILES string of the molecule is CCc1cc(S(=O)(=O)Nc2ccccc2C(=O)NCC(C)C)ccc1OC. The summed E-state index contributed by atoms with van der Waals surface area (Å²) in [6.45, 7) is 6.42. The number of hydrogen-bond donors (Lipinski definition) is 2. The molecule has 0 saturated heterocycles. The monoisotopic (exact) mass is 390 g/mol. The van der Waals surface area contributed by atoms with Gasteiger partial charge in [-0.15, -0.1) is 0 Å². The van der Waals surface area contributed by atoms with Crippen LogP contribution in [0.5, 0.6) is 5.75 Å². The number of para-hydroxylation sites is 1. The molecule has 0 unspecified atom stereocenters. The summed E-state index contributed by atoms with van der Waals surface area (Å²) in [5, 5.41) is 2.81. The molecule has 0 radical (unpaired) electrons. The maximum Gasteiger partial charge on any atom is 0.261 e. The normalized spacial score (nSPS) is 11.3. The molecule has 0 aliphatic rings. The van der Waals surface area contributed by atoms with Crippen molar-refractivity contribution in [3.05, 3.63) is 53.6 Å². The molecule has 146 valence electrons. The number of amides is 1. The van der Waals surface area contributed by atoms with Crippen molar-refractivity contribution < 1.29 is 17.9 Å². The van der Waals surface area contributed by atoms with Crippen LogP contribution in [-0.2, 0) is 16.4 Å². The lowest BCUT2D eigenvalue weighted by Crippen LogP contribution is -2.28. The van der Waals surface area contributed by atoms with Gasteiger partial charge < -0.3 is 10.1 Å². The van der Waals surface area contributed by atoms with Crippen LogP contribution in [0.25, 0.3) is 0 Å². The van der Waals surface area contributed by atoms with Crippen LogP contribution in [0.3, 0.4) is 0 Å². The van der Waals surface area contributed by atoms with Gasteiger partial charge in [-0.3, -0.25) is 9.52 Å². The molecule has 0 heterocycles. The second-order valence-corrected chi connectivity index (χ2v) is 8.26. The standard InChI is InChI=1S/C20H26N2O4S/c1-5-15-12-16(10-11-19(15)26-4)27(24,25)22-18-9-7-6-8-17(18)20(23)21-13-14(2)3/h6-12,14,22H,5,13H2,1-4H3,(H,21,23). The van der Waals surface area contributed by atoms with Crippen LogP contribution in [-0.4, -0.2) is 28.0 Å². The van der Waals surface area contributed by atoms with Gasteiger partial charge in [-0.25, -0.2) is 8.42 Å². The fraction of sp³-hybridized carbons (Fsp3) is 0.350. The molecule has 7 heteroatoms. The van der Waals surface area contributed by atoms with E-state index < -0.39 is 10.0 Å². The van der Waals surface area contributed by atoms with Crippen molar-refractivity contribution in [2.24, 2.45) is 5.92 Å². The summed E-state index contributed by atoms with van der Waals surface area (Å²) in [5.41, 5.74) is 1.32. The lowest BCUT2D eigenvalue weighted by atomic mass is 10.1. The summed E-state index contributed by atoms with van der Waals surface area (Å²) >= 11 is 0. The maximum absolute atomic E-state index is 12.8. The van der Waals surface area contributed by atoms with E-state index in [0.717, 1.165) is 5.56 Å². The molecule has 2 aromatic rings. The first kappa shape index (κ1) is 20.8. The van der Waals surface area contributed by atoms with E-state index in [1.54, 1.807) is 43.5 Å². The first-order valence-corrected chi connectivity index (χ1v) is 10.3. The number of methoxy groups -OCH3 is 1. The Hall–Kier alpha value is -2.54. The predicted octanol–water partition coefficient (Wildman–Crippen LogP) is 3.44. The Morgan fingerprint density at radius 1 is 1.15 bits per heavy atom. The zero-order chi connectivity index (χ0) is 20.0. The molecule has 2 N–H and O–H groups in total. The quantitative estimate of drug-likeness (QED) is 0.723. The number of carbonyl (C=O) groups excluding carboxylic acids is 1. The highest BCUT2D eigenvalue weighted by Gasteiger charge is 2.20. The Bertz CT molecular complexity index is 908. The maximum atomic E-state index is 12.8. The van der Waals surface area contributed by atoms with Gasteiger partial charge in [0.1, 0.15) is 5.75 Å². The van der Waals surface area contributed by atoms with E-state index in [1.807, 2.05) is 20.8 Å². The van der Waals surface area contributed by atoms with Gasteiger partial charge in [0.2, 0.25) is 0 Å². The summed E-state index contributed by atoms with van der Waals surface area (Å²) in [7, 11) is -2.30. The van der Waals surface area contributed by atoms with Gasteiger partial charge in [-0.05, 0) is 48.2 Å². The van der Waals surface area contributed by atoms with Crippen LogP contribution in [0, 0.1) is 5.92 Å². The third-order valence-electron chi connectivity index (χ3n) is 4.03. The number of aryl methyl sites for hydroxylation is 1. The van der Waals surface area contributed by atoms with Gasteiger partial charge in [0.05, 0.1) is 23.3 Å². The van der Waals surface area contributed by atoms with Crippen molar-refractivity contribution >= 4 is 21.6 Å². The highest BCUT2D eigenvalue weighted by Crippen LogP contribution is 2.25. The fourth-order valence-corrected chi connectivity index (χ4v) is 3.69. The number of anilines is 1. The molecule has 6 nitrogen and oxygen atoms in total. The average molecular weight is 391 g/mol. The molecule has 2 aromatic carbocycles. The molecule has 0 bridgehead atoms. The molecule has 1 amide bonds. The van der Waals surface area contributed by atoms with Crippen molar-refractivity contribution in [2.45, 2.75) is 32.1 Å². The molecule has 0 atom stereocenters. The van der Waals surface area contributed by atoms with Gasteiger partial charge in [0.15, 0.2) is 0 Å². The molecule has 0 aromatic heterocycles. The Balaban J connectivity index is 2.32. The fourth-order valence-electron chi connectivity index (χ4n) is 2.56. The zero-order valence-corrected chi connectivity index (χ0v) is 16.9. The average Bonchev–Trinajstić information content (AvgIpc) is 2.65. The second kappa shape index (κ2) is 8.90. The number of ether oxygens (including phenoxy) is 1. The highest BCUT2D eigenvalue weighted by molar-refractivity contribution is 7.92. The summed E-state index contributed by atoms with van der Waals surface area (Å²) in [6, 6.07) is 11.3. The van der Waals surface area contributed by atoms with Gasteiger partial charge in [0, 0.05) is 6.54 Å². The van der Waals surface area contributed by atoms with Gasteiger partial charge in [0.25, 0.3) is 15.9 Å². The van der Waals surface area contributed by atoms with Crippen LogP contribution >= 0.6 is 0 Å². The van der Waals surface area contributed by atoms with Crippen LogP contribution in [0.2, 0.25) is 0 Å². The Kier molecular flexibility index (Phi) is 6.85. The van der Waals surface area contributed by atoms with E-state index in [1.165, 1.54) is 6.07 Å². The van der Waals surface area contributed by atoms with Gasteiger partial charge in [-0.2, -0.15) is 0 Å². The van der Waals surface area contributed by atoms with E-state index in [9.17, 15) is 13.2 Å². The minimum Gasteiger partial charge on any atom is -0.496 e. The van der Waals surface area contributed by atoms with E-state index in [-0.39, 0.29) is 22.1 Å². The van der Waals surface area contributed by atoms with Crippen molar-refractivity contribution in [1.29, 1.82) is 0 Å². The van der Waals surface area contributed by atoms with Crippen molar-refractivity contribution in [3.63, 3.8) is 0 Å². The summed E-state index contributed by atoms with van der Waals surface area (Å²) in [4.78, 5) is 12.5. The molecule has 0 aliphatic heterocycles.